The fourth-order valence-corrected chi connectivity index (χ4v) is 1.34. The molecule has 0 saturated heterocycles. The summed E-state index contributed by atoms with van der Waals surface area (Å²) >= 11 is 3.21. The van der Waals surface area contributed by atoms with Gasteiger partial charge in [0.2, 0.25) is 0 Å². The van der Waals surface area contributed by atoms with E-state index in [1.807, 2.05) is 20.8 Å². The normalized spacial score (nSPS) is 10.2. The van der Waals surface area contributed by atoms with Crippen LogP contribution in [0, 0.1) is 26.0 Å². The van der Waals surface area contributed by atoms with Crippen molar-refractivity contribution >= 4 is 15.9 Å². The van der Waals surface area contributed by atoms with E-state index in [9.17, 15) is 5.21 Å². The minimum absolute atomic E-state index is 0.612. The van der Waals surface area contributed by atoms with E-state index in [0.29, 0.717) is 4.60 Å². The van der Waals surface area contributed by atoms with Gasteiger partial charge in [0.05, 0.1) is 0 Å². The molecule has 0 aliphatic carbocycles. The van der Waals surface area contributed by atoms with Crippen molar-refractivity contribution in [1.82, 2.24) is 0 Å². The Morgan fingerprint density at radius 2 is 1.82 bits per heavy atom. The SMILES string of the molecule is Cc1c[n+]([O-])c(Br)c(C)c1C. The van der Waals surface area contributed by atoms with Crippen molar-refractivity contribution < 1.29 is 4.73 Å². The average Bonchev–Trinajstić information content (AvgIpc) is 1.97. The minimum Gasteiger partial charge on any atom is -0.618 e. The van der Waals surface area contributed by atoms with Crippen LogP contribution >= 0.6 is 15.9 Å². The first-order chi connectivity index (χ1) is 5.04. The lowest BCUT2D eigenvalue weighted by atomic mass is 10.1. The van der Waals surface area contributed by atoms with E-state index in [-0.39, 0.29) is 0 Å². The summed E-state index contributed by atoms with van der Waals surface area (Å²) in [6.45, 7) is 5.87. The maximum Gasteiger partial charge on any atom is 0.262 e. The Morgan fingerprint density at radius 3 is 2.36 bits per heavy atom. The average molecular weight is 216 g/mol. The summed E-state index contributed by atoms with van der Waals surface area (Å²) in [5, 5.41) is 11.1. The molecule has 2 nitrogen and oxygen atoms in total. The summed E-state index contributed by atoms with van der Waals surface area (Å²) in [5.74, 6) is 0. The highest BCUT2D eigenvalue weighted by Gasteiger charge is 2.10. The Hall–Kier alpha value is -0.570. The van der Waals surface area contributed by atoms with E-state index in [0.717, 1.165) is 15.9 Å². The first kappa shape index (κ1) is 8.53. The van der Waals surface area contributed by atoms with Crippen molar-refractivity contribution in [2.24, 2.45) is 0 Å². The molecule has 0 aliphatic rings. The van der Waals surface area contributed by atoms with Crippen LogP contribution in [0.25, 0.3) is 0 Å². The molecular weight excluding hydrogens is 206 g/mol. The van der Waals surface area contributed by atoms with Crippen LogP contribution in [-0.2, 0) is 0 Å². The molecule has 0 aliphatic heterocycles. The summed E-state index contributed by atoms with van der Waals surface area (Å²) in [5.41, 5.74) is 3.21. The number of hydrogen-bond acceptors (Lipinski definition) is 1. The Kier molecular flexibility index (Phi) is 2.18. The molecule has 11 heavy (non-hydrogen) atoms. The van der Waals surface area contributed by atoms with Crippen LogP contribution in [0.5, 0.6) is 0 Å². The molecule has 0 atom stereocenters. The molecule has 0 spiro atoms. The van der Waals surface area contributed by atoms with E-state index in [1.165, 1.54) is 5.56 Å². The number of pyridine rings is 1. The monoisotopic (exact) mass is 215 g/mol. The molecule has 0 radical (unpaired) electrons. The van der Waals surface area contributed by atoms with Gasteiger partial charge in [-0.3, -0.25) is 0 Å². The predicted molar refractivity (Wildman–Crippen MR) is 47.3 cm³/mol. The van der Waals surface area contributed by atoms with Crippen molar-refractivity contribution in [2.75, 3.05) is 0 Å². The molecule has 1 heterocycles. The summed E-state index contributed by atoms with van der Waals surface area (Å²) in [6, 6.07) is 0. The van der Waals surface area contributed by atoms with Crippen LogP contribution in [0.4, 0.5) is 0 Å². The van der Waals surface area contributed by atoms with Crippen LogP contribution in [0.2, 0.25) is 0 Å². The molecule has 1 rings (SSSR count). The second kappa shape index (κ2) is 2.81. The molecule has 0 amide bonds. The van der Waals surface area contributed by atoms with Crippen LogP contribution in [0.15, 0.2) is 10.8 Å². The molecule has 0 unspecified atom stereocenters. The third-order valence-corrected chi connectivity index (χ3v) is 2.91. The van der Waals surface area contributed by atoms with Gasteiger partial charge in [-0.15, -0.1) is 0 Å². The second-order valence-electron chi connectivity index (χ2n) is 2.68. The van der Waals surface area contributed by atoms with Gasteiger partial charge < -0.3 is 5.21 Å². The Balaban J connectivity index is 3.46. The highest BCUT2D eigenvalue weighted by Crippen LogP contribution is 2.16. The number of aromatic nitrogens is 1. The first-order valence-electron chi connectivity index (χ1n) is 3.39. The highest BCUT2D eigenvalue weighted by molar-refractivity contribution is 9.10. The van der Waals surface area contributed by atoms with Gasteiger partial charge in [0.25, 0.3) is 4.60 Å². The van der Waals surface area contributed by atoms with Gasteiger partial charge >= 0.3 is 0 Å². The molecule has 0 saturated carbocycles. The van der Waals surface area contributed by atoms with Gasteiger partial charge in [0.15, 0.2) is 6.20 Å². The maximum absolute atomic E-state index is 11.1. The standard InChI is InChI=1S/C8H10BrNO/c1-5-4-10(11)8(9)7(3)6(5)2/h4H,1-3H3. The van der Waals surface area contributed by atoms with E-state index < -0.39 is 0 Å². The van der Waals surface area contributed by atoms with Crippen molar-refractivity contribution in [3.05, 3.63) is 32.7 Å². The smallest absolute Gasteiger partial charge is 0.262 e. The summed E-state index contributed by atoms with van der Waals surface area (Å²) in [4.78, 5) is 0. The Morgan fingerprint density at radius 1 is 1.27 bits per heavy atom. The molecule has 0 aromatic carbocycles. The zero-order valence-corrected chi connectivity index (χ0v) is 8.40. The number of halogens is 1. The highest BCUT2D eigenvalue weighted by atomic mass is 79.9. The first-order valence-corrected chi connectivity index (χ1v) is 4.19. The largest absolute Gasteiger partial charge is 0.618 e. The lowest BCUT2D eigenvalue weighted by molar-refractivity contribution is -0.618. The van der Waals surface area contributed by atoms with Gasteiger partial charge in [0.1, 0.15) is 0 Å². The molecule has 0 N–H and O–H groups in total. The summed E-state index contributed by atoms with van der Waals surface area (Å²) < 4.78 is 1.46. The number of hydrogen-bond donors (Lipinski definition) is 0. The van der Waals surface area contributed by atoms with Crippen molar-refractivity contribution in [3.63, 3.8) is 0 Å². The fraction of sp³-hybridized carbons (Fsp3) is 0.375. The molecule has 1 aromatic heterocycles. The molecule has 0 fully saturated rings. The molecule has 3 heteroatoms. The van der Waals surface area contributed by atoms with Crippen LogP contribution < -0.4 is 4.73 Å². The van der Waals surface area contributed by atoms with Gasteiger partial charge in [-0.1, -0.05) is 0 Å². The zero-order valence-electron chi connectivity index (χ0n) is 6.81. The zero-order chi connectivity index (χ0) is 8.59. The van der Waals surface area contributed by atoms with Crippen LogP contribution in [0.1, 0.15) is 16.7 Å². The molecule has 60 valence electrons. The molecular formula is C8H10BrNO. The second-order valence-corrected chi connectivity index (χ2v) is 3.43. The van der Waals surface area contributed by atoms with Crippen molar-refractivity contribution in [2.45, 2.75) is 20.8 Å². The molecule has 0 bridgehead atoms. The third kappa shape index (κ3) is 1.38. The Bertz CT molecular complexity index is 270. The summed E-state index contributed by atoms with van der Waals surface area (Å²) in [6.07, 6.45) is 1.58. The van der Waals surface area contributed by atoms with Crippen LogP contribution in [-0.4, -0.2) is 0 Å². The minimum atomic E-state index is 0.612. The lowest BCUT2D eigenvalue weighted by Crippen LogP contribution is -2.29. The number of nitrogens with zero attached hydrogens (tertiary/aromatic N) is 1. The predicted octanol–water partition coefficient (Wildman–Crippen LogP) is 2.01. The van der Waals surface area contributed by atoms with E-state index in [2.05, 4.69) is 15.9 Å². The van der Waals surface area contributed by atoms with Gasteiger partial charge in [-0.2, -0.15) is 4.73 Å². The van der Waals surface area contributed by atoms with Crippen molar-refractivity contribution in [3.8, 4) is 0 Å². The van der Waals surface area contributed by atoms with Crippen molar-refractivity contribution in [1.29, 1.82) is 0 Å². The quantitative estimate of drug-likeness (QED) is 0.370. The number of rotatable bonds is 0. The van der Waals surface area contributed by atoms with E-state index >= 15 is 0 Å². The topological polar surface area (TPSA) is 26.9 Å². The van der Waals surface area contributed by atoms with Crippen LogP contribution in [0.3, 0.4) is 0 Å². The Labute approximate surface area is 74.6 Å². The fourth-order valence-electron chi connectivity index (χ4n) is 0.945. The van der Waals surface area contributed by atoms with Gasteiger partial charge in [-0.05, 0) is 26.3 Å². The third-order valence-electron chi connectivity index (χ3n) is 1.97. The van der Waals surface area contributed by atoms with Gasteiger partial charge in [-0.25, -0.2) is 0 Å². The maximum atomic E-state index is 11.1. The summed E-state index contributed by atoms with van der Waals surface area (Å²) in [7, 11) is 0. The molecule has 1 aromatic rings. The van der Waals surface area contributed by atoms with E-state index in [4.69, 9.17) is 0 Å². The van der Waals surface area contributed by atoms with Gasteiger partial charge in [0, 0.05) is 27.1 Å². The number of aryl methyl sites for hydroxylation is 1. The van der Waals surface area contributed by atoms with E-state index in [1.54, 1.807) is 6.20 Å². The lowest BCUT2D eigenvalue weighted by Gasteiger charge is -2.06.